The third-order valence-electron chi connectivity index (χ3n) is 10.5. The smallest absolute Gasteiger partial charge is 0.235 e. The highest BCUT2D eigenvalue weighted by molar-refractivity contribution is 7.19. The van der Waals surface area contributed by atoms with Gasteiger partial charge < -0.3 is 29.6 Å². The Kier molecular flexibility index (Phi) is 6.87. The molecule has 4 fully saturated rings. The van der Waals surface area contributed by atoms with Crippen LogP contribution in [-0.4, -0.2) is 81.3 Å². The standard InChI is InChI=1S/C35H35F2N11OS/c36-25-13-21-27(15-29(25)44-9-5-39-6-10-44)46(19-1-2-19)17-23(31(21)38)34-43-48-33(41-42-35(48)50-34)24-18-47(20-3-4-20)28-16-30(45-11-7-40-8-12-45)26(37)14-22(28)32(24)49/h13-20,38-40H,1-12H2. The highest BCUT2D eigenvalue weighted by Gasteiger charge is 2.30. The molecule has 3 N–H and O–H groups in total. The molecule has 15 heteroatoms. The van der Waals surface area contributed by atoms with Crippen LogP contribution in [0.3, 0.4) is 0 Å². The maximum Gasteiger partial charge on any atom is 0.235 e. The zero-order valence-corrected chi connectivity index (χ0v) is 28.1. The Balaban J connectivity index is 1.09. The molecule has 4 aliphatic rings. The highest BCUT2D eigenvalue weighted by Crippen LogP contribution is 2.41. The summed E-state index contributed by atoms with van der Waals surface area (Å²) < 4.78 is 37.1. The first-order valence-electron chi connectivity index (χ1n) is 17.4. The van der Waals surface area contributed by atoms with Gasteiger partial charge >= 0.3 is 0 Å². The molecule has 0 radical (unpaired) electrons. The van der Waals surface area contributed by atoms with Crippen LogP contribution in [0.2, 0.25) is 0 Å². The average molecular weight is 696 g/mol. The summed E-state index contributed by atoms with van der Waals surface area (Å²) in [5.41, 5.74) is 3.16. The van der Waals surface area contributed by atoms with Gasteiger partial charge in [0.2, 0.25) is 10.4 Å². The van der Waals surface area contributed by atoms with Gasteiger partial charge in [-0.1, -0.05) is 11.3 Å². The van der Waals surface area contributed by atoms with E-state index in [9.17, 15) is 10.2 Å². The van der Waals surface area contributed by atoms with Crippen molar-refractivity contribution >= 4 is 49.5 Å². The lowest BCUT2D eigenvalue weighted by molar-refractivity contribution is 0.566. The molecule has 0 unspecified atom stereocenters. The number of hydrogen-bond donors (Lipinski definition) is 3. The number of rotatable bonds is 6. The molecule has 0 bridgehead atoms. The van der Waals surface area contributed by atoms with Crippen molar-refractivity contribution in [2.75, 3.05) is 62.2 Å². The zero-order valence-electron chi connectivity index (χ0n) is 27.3. The largest absolute Gasteiger partial charge is 0.367 e. The monoisotopic (exact) mass is 695 g/mol. The SMILES string of the molecule is N=c1c(-c2nn3c(-c4cn(C5CC5)c5cc(N6CCNCC6)c(F)cc5c4=O)nnc3s2)cn(C2CC2)c2cc(N3CCNCC3)c(F)cc12. The molecule has 2 aliphatic heterocycles. The first kappa shape index (κ1) is 30.1. The molecule has 2 saturated heterocycles. The van der Waals surface area contributed by atoms with Crippen molar-refractivity contribution in [3.05, 3.63) is 63.9 Å². The van der Waals surface area contributed by atoms with E-state index in [1.54, 1.807) is 4.52 Å². The van der Waals surface area contributed by atoms with E-state index in [4.69, 9.17) is 5.10 Å². The fourth-order valence-electron chi connectivity index (χ4n) is 7.56. The average Bonchev–Trinajstić information content (AvgIpc) is 4.07. The molecule has 2 aliphatic carbocycles. The lowest BCUT2D eigenvalue weighted by Gasteiger charge is -2.30. The molecule has 10 rings (SSSR count). The first-order chi connectivity index (χ1) is 24.4. The van der Waals surface area contributed by atoms with Crippen molar-refractivity contribution in [1.82, 2.24) is 39.6 Å². The summed E-state index contributed by atoms with van der Waals surface area (Å²) in [7, 11) is 0. The number of anilines is 2. The van der Waals surface area contributed by atoms with Gasteiger partial charge in [-0.3, -0.25) is 10.2 Å². The number of aromatic nitrogens is 6. The number of hydrogen-bond acceptors (Lipinski definition) is 10. The minimum atomic E-state index is -0.418. The number of nitrogens with zero attached hydrogens (tertiary/aromatic N) is 8. The van der Waals surface area contributed by atoms with Crippen LogP contribution in [0.15, 0.2) is 41.5 Å². The van der Waals surface area contributed by atoms with Crippen LogP contribution < -0.4 is 31.2 Å². The van der Waals surface area contributed by atoms with Gasteiger partial charge in [-0.2, -0.15) is 9.61 Å². The van der Waals surface area contributed by atoms with E-state index in [2.05, 4.69) is 34.9 Å². The van der Waals surface area contributed by atoms with Crippen molar-refractivity contribution in [3.63, 3.8) is 0 Å². The summed E-state index contributed by atoms with van der Waals surface area (Å²) in [6.07, 6.45) is 7.75. The Hall–Kier alpha value is -4.73. The number of piperazine rings is 2. The van der Waals surface area contributed by atoms with Crippen molar-refractivity contribution in [3.8, 4) is 22.0 Å². The first-order valence-corrected chi connectivity index (χ1v) is 18.2. The summed E-state index contributed by atoms with van der Waals surface area (Å²) in [4.78, 5) is 18.7. The van der Waals surface area contributed by atoms with Crippen molar-refractivity contribution in [1.29, 1.82) is 5.41 Å². The van der Waals surface area contributed by atoms with E-state index < -0.39 is 5.82 Å². The predicted octanol–water partition coefficient (Wildman–Crippen LogP) is 4.04. The van der Waals surface area contributed by atoms with E-state index in [1.807, 2.05) is 29.4 Å². The lowest BCUT2D eigenvalue weighted by Crippen LogP contribution is -2.43. The van der Waals surface area contributed by atoms with Crippen LogP contribution in [0.5, 0.6) is 0 Å². The topological polar surface area (TPSA) is 124 Å². The second-order valence-corrected chi connectivity index (χ2v) is 14.8. The van der Waals surface area contributed by atoms with Crippen molar-refractivity contribution in [2.24, 2.45) is 0 Å². The fraction of sp³-hybridized carbons (Fsp3) is 0.400. The highest BCUT2D eigenvalue weighted by atomic mass is 32.1. The number of benzene rings is 2. The summed E-state index contributed by atoms with van der Waals surface area (Å²) in [5, 5.41) is 31.0. The number of nitrogens with one attached hydrogen (secondary N) is 3. The van der Waals surface area contributed by atoms with Crippen LogP contribution in [0.25, 0.3) is 48.7 Å². The minimum absolute atomic E-state index is 0.187. The van der Waals surface area contributed by atoms with Gasteiger partial charge in [-0.25, -0.2) is 8.78 Å². The van der Waals surface area contributed by atoms with Crippen molar-refractivity contribution in [2.45, 2.75) is 37.8 Å². The normalized spacial score (nSPS) is 18.6. The Morgan fingerprint density at radius 1 is 0.740 bits per heavy atom. The Morgan fingerprint density at radius 2 is 1.28 bits per heavy atom. The maximum atomic E-state index is 15.7. The maximum absolute atomic E-state index is 15.7. The van der Waals surface area contributed by atoms with Gasteiger partial charge in [-0.15, -0.1) is 10.2 Å². The van der Waals surface area contributed by atoms with Gasteiger partial charge in [0.15, 0.2) is 10.8 Å². The minimum Gasteiger partial charge on any atom is -0.367 e. The Labute approximate surface area is 288 Å². The summed E-state index contributed by atoms with van der Waals surface area (Å²) >= 11 is 1.27. The molecule has 2 saturated carbocycles. The second-order valence-electron chi connectivity index (χ2n) is 13.8. The van der Waals surface area contributed by atoms with Crippen LogP contribution in [0.1, 0.15) is 37.8 Å². The molecule has 50 heavy (non-hydrogen) atoms. The van der Waals surface area contributed by atoms with Crippen LogP contribution in [-0.2, 0) is 0 Å². The summed E-state index contributed by atoms with van der Waals surface area (Å²) in [6.45, 7) is 6.00. The lowest BCUT2D eigenvalue weighted by atomic mass is 10.1. The third kappa shape index (κ3) is 4.85. The van der Waals surface area contributed by atoms with E-state index in [-0.39, 0.29) is 34.5 Å². The molecule has 4 aromatic heterocycles. The molecule has 2 aromatic carbocycles. The molecule has 0 atom stereocenters. The Bertz CT molecular complexity index is 2470. The molecule has 12 nitrogen and oxygen atoms in total. The molecule has 6 heterocycles. The number of pyridine rings is 2. The van der Waals surface area contributed by atoms with Gasteiger partial charge in [0.25, 0.3) is 0 Å². The van der Waals surface area contributed by atoms with Gasteiger partial charge in [0, 0.05) is 87.6 Å². The third-order valence-corrected chi connectivity index (χ3v) is 11.4. The second kappa shape index (κ2) is 11.4. The van der Waals surface area contributed by atoms with E-state index >= 15 is 8.78 Å². The van der Waals surface area contributed by atoms with Crippen LogP contribution in [0.4, 0.5) is 20.2 Å². The summed E-state index contributed by atoms with van der Waals surface area (Å²) in [6, 6.07) is 7.05. The number of halogens is 2. The fourth-order valence-corrected chi connectivity index (χ4v) is 8.42. The van der Waals surface area contributed by atoms with E-state index in [1.165, 1.54) is 23.5 Å². The molecule has 0 spiro atoms. The van der Waals surface area contributed by atoms with E-state index in [0.29, 0.717) is 61.8 Å². The van der Waals surface area contributed by atoms with Crippen LogP contribution >= 0.6 is 11.3 Å². The van der Waals surface area contributed by atoms with Gasteiger partial charge in [-0.05, 0) is 49.9 Å². The van der Waals surface area contributed by atoms with E-state index in [0.717, 1.165) is 70.5 Å². The quantitative estimate of drug-likeness (QED) is 0.239. The number of fused-ring (bicyclic) bond motifs is 3. The summed E-state index contributed by atoms with van der Waals surface area (Å²) in [5.74, 6) is -0.491. The Morgan fingerprint density at radius 3 is 1.86 bits per heavy atom. The zero-order chi connectivity index (χ0) is 33.7. The molecule has 6 aromatic rings. The van der Waals surface area contributed by atoms with Gasteiger partial charge in [0.05, 0.1) is 38.9 Å². The van der Waals surface area contributed by atoms with Crippen LogP contribution in [0, 0.1) is 17.0 Å². The molecular formula is C35H35F2N11OS. The van der Waals surface area contributed by atoms with Crippen molar-refractivity contribution < 1.29 is 8.78 Å². The molecular weight excluding hydrogens is 661 g/mol. The van der Waals surface area contributed by atoms with Gasteiger partial charge in [0.1, 0.15) is 11.6 Å². The molecule has 0 amide bonds. The molecule has 256 valence electrons. The predicted molar refractivity (Wildman–Crippen MR) is 189 cm³/mol.